The van der Waals surface area contributed by atoms with Gasteiger partial charge in [-0.05, 0) is 6.42 Å². The molecule has 0 radical (unpaired) electrons. The third kappa shape index (κ3) is 3.33. The van der Waals surface area contributed by atoms with E-state index in [-0.39, 0.29) is 19.4 Å². The lowest BCUT2D eigenvalue weighted by atomic mass is 10.2. The van der Waals surface area contributed by atoms with Crippen molar-refractivity contribution in [2.24, 2.45) is 0 Å². The molecule has 1 atom stereocenters. The molecule has 8 heteroatoms. The van der Waals surface area contributed by atoms with Crippen LogP contribution in [0.1, 0.15) is 19.8 Å². The molecule has 0 bridgehead atoms. The van der Waals surface area contributed by atoms with Crippen LogP contribution < -0.4 is 5.32 Å². The molecule has 1 rings (SSSR count). The van der Waals surface area contributed by atoms with E-state index in [1.54, 1.807) is 6.92 Å². The maximum atomic E-state index is 12.9. The molecule has 1 N–H and O–H groups in total. The molecule has 1 saturated heterocycles. The molecule has 0 aromatic carbocycles. The molecule has 0 aromatic rings. The smallest absolute Gasteiger partial charge is 0.324 e. The zero-order valence-corrected chi connectivity index (χ0v) is 9.76. The quantitative estimate of drug-likeness (QED) is 0.775. The van der Waals surface area contributed by atoms with Crippen molar-refractivity contribution in [3.8, 4) is 0 Å². The number of halogens is 4. The average Bonchev–Trinajstić information content (AvgIpc) is 2.41. The zero-order valence-electron chi connectivity index (χ0n) is 9.76. The fourth-order valence-corrected chi connectivity index (χ4v) is 1.65. The minimum absolute atomic E-state index is 0.165. The standard InChI is InChI=1S/C10H14F4N2O2/c1-2-6-8(18)16(4-3-7(17)15-6)5-10(13,14)9(11)12/h6,9H,2-5H2,1H3,(H,15,17). The van der Waals surface area contributed by atoms with E-state index < -0.39 is 36.7 Å². The number of carbonyl (C=O) groups is 2. The lowest BCUT2D eigenvalue weighted by Gasteiger charge is -2.27. The Bertz CT molecular complexity index is 336. The Hall–Kier alpha value is -1.34. The summed E-state index contributed by atoms with van der Waals surface area (Å²) in [6, 6.07) is -0.923. The summed E-state index contributed by atoms with van der Waals surface area (Å²) in [5.74, 6) is -5.46. The van der Waals surface area contributed by atoms with Crippen molar-refractivity contribution in [1.29, 1.82) is 0 Å². The van der Waals surface area contributed by atoms with Crippen LogP contribution >= 0.6 is 0 Å². The van der Waals surface area contributed by atoms with Gasteiger partial charge in [-0.2, -0.15) is 8.78 Å². The molecule has 0 spiro atoms. The molecular weight excluding hydrogens is 256 g/mol. The number of nitrogens with one attached hydrogen (secondary N) is 1. The Morgan fingerprint density at radius 2 is 2.06 bits per heavy atom. The van der Waals surface area contributed by atoms with Crippen molar-refractivity contribution in [2.75, 3.05) is 13.1 Å². The van der Waals surface area contributed by atoms with Gasteiger partial charge < -0.3 is 10.2 Å². The number of carbonyl (C=O) groups excluding carboxylic acids is 2. The fourth-order valence-electron chi connectivity index (χ4n) is 1.65. The second-order valence-corrected chi connectivity index (χ2v) is 4.10. The number of alkyl halides is 4. The van der Waals surface area contributed by atoms with Crippen LogP contribution in [-0.4, -0.2) is 48.2 Å². The molecular formula is C10H14F4N2O2. The van der Waals surface area contributed by atoms with E-state index in [0.717, 1.165) is 0 Å². The van der Waals surface area contributed by atoms with Gasteiger partial charge in [-0.15, -0.1) is 0 Å². The molecule has 1 aliphatic rings. The zero-order chi connectivity index (χ0) is 13.9. The highest BCUT2D eigenvalue weighted by atomic mass is 19.3. The third-order valence-electron chi connectivity index (χ3n) is 2.68. The van der Waals surface area contributed by atoms with E-state index >= 15 is 0 Å². The van der Waals surface area contributed by atoms with Crippen LogP contribution in [0.4, 0.5) is 17.6 Å². The molecule has 4 nitrogen and oxygen atoms in total. The van der Waals surface area contributed by atoms with E-state index in [9.17, 15) is 27.2 Å². The van der Waals surface area contributed by atoms with Gasteiger partial charge in [0.25, 0.3) is 0 Å². The van der Waals surface area contributed by atoms with E-state index in [2.05, 4.69) is 5.32 Å². The van der Waals surface area contributed by atoms with E-state index in [1.165, 1.54) is 0 Å². The second-order valence-electron chi connectivity index (χ2n) is 4.10. The molecule has 1 heterocycles. The first-order valence-corrected chi connectivity index (χ1v) is 5.52. The van der Waals surface area contributed by atoms with Gasteiger partial charge in [-0.3, -0.25) is 9.59 Å². The van der Waals surface area contributed by atoms with Crippen LogP contribution in [0.3, 0.4) is 0 Å². The monoisotopic (exact) mass is 270 g/mol. The summed E-state index contributed by atoms with van der Waals surface area (Å²) in [4.78, 5) is 23.6. The average molecular weight is 270 g/mol. The van der Waals surface area contributed by atoms with Crippen LogP contribution in [0.15, 0.2) is 0 Å². The molecule has 1 fully saturated rings. The van der Waals surface area contributed by atoms with Gasteiger partial charge in [0, 0.05) is 13.0 Å². The first kappa shape index (κ1) is 14.7. The van der Waals surface area contributed by atoms with Crippen LogP contribution in [0.5, 0.6) is 0 Å². The minimum atomic E-state index is -4.26. The summed E-state index contributed by atoms with van der Waals surface area (Å²) >= 11 is 0. The van der Waals surface area contributed by atoms with Gasteiger partial charge in [0.15, 0.2) is 0 Å². The Balaban J connectivity index is 2.80. The summed E-state index contributed by atoms with van der Waals surface area (Å²) in [7, 11) is 0. The number of rotatable bonds is 4. The Labute approximate surface area is 101 Å². The van der Waals surface area contributed by atoms with Gasteiger partial charge in [0.1, 0.15) is 6.04 Å². The van der Waals surface area contributed by atoms with Gasteiger partial charge in [0.2, 0.25) is 11.8 Å². The highest BCUT2D eigenvalue weighted by Crippen LogP contribution is 2.25. The fraction of sp³-hybridized carbons (Fsp3) is 0.800. The molecule has 104 valence electrons. The van der Waals surface area contributed by atoms with Gasteiger partial charge in [0.05, 0.1) is 6.54 Å². The Morgan fingerprint density at radius 1 is 1.44 bits per heavy atom. The highest BCUT2D eigenvalue weighted by Gasteiger charge is 2.44. The van der Waals surface area contributed by atoms with Crippen LogP contribution in [-0.2, 0) is 9.59 Å². The van der Waals surface area contributed by atoms with Crippen molar-refractivity contribution < 1.29 is 27.2 Å². The maximum Gasteiger partial charge on any atom is 0.324 e. The summed E-state index contributed by atoms with van der Waals surface area (Å²) in [6.45, 7) is -0.0456. The Morgan fingerprint density at radius 3 is 2.56 bits per heavy atom. The maximum absolute atomic E-state index is 12.9. The largest absolute Gasteiger partial charge is 0.344 e. The Kier molecular flexibility index (Phi) is 4.53. The van der Waals surface area contributed by atoms with Crippen molar-refractivity contribution in [1.82, 2.24) is 10.2 Å². The summed E-state index contributed by atoms with van der Waals surface area (Å²) < 4.78 is 50.0. The third-order valence-corrected chi connectivity index (χ3v) is 2.68. The minimum Gasteiger partial charge on any atom is -0.344 e. The summed E-state index contributed by atoms with van der Waals surface area (Å²) in [5, 5.41) is 2.36. The molecule has 0 aromatic heterocycles. The molecule has 0 saturated carbocycles. The van der Waals surface area contributed by atoms with Gasteiger partial charge in [-0.1, -0.05) is 6.92 Å². The predicted molar refractivity (Wildman–Crippen MR) is 54.4 cm³/mol. The van der Waals surface area contributed by atoms with Crippen LogP contribution in [0.2, 0.25) is 0 Å². The molecule has 2 amide bonds. The first-order valence-electron chi connectivity index (χ1n) is 5.52. The van der Waals surface area contributed by atoms with Gasteiger partial charge >= 0.3 is 12.3 Å². The normalized spacial score (nSPS) is 22.1. The van der Waals surface area contributed by atoms with Crippen LogP contribution in [0, 0.1) is 0 Å². The van der Waals surface area contributed by atoms with Crippen molar-refractivity contribution in [2.45, 2.75) is 38.2 Å². The summed E-state index contributed by atoms with van der Waals surface area (Å²) in [6.07, 6.45) is -3.78. The number of amides is 2. The first-order chi connectivity index (χ1) is 8.27. The second kappa shape index (κ2) is 5.53. The van der Waals surface area contributed by atoms with Crippen molar-refractivity contribution in [3.63, 3.8) is 0 Å². The molecule has 1 unspecified atom stereocenters. The number of hydrogen-bond donors (Lipinski definition) is 1. The lowest BCUT2D eigenvalue weighted by Crippen LogP contribution is -2.49. The predicted octanol–water partition coefficient (Wildman–Crippen LogP) is 1.01. The topological polar surface area (TPSA) is 49.4 Å². The van der Waals surface area contributed by atoms with Crippen molar-refractivity contribution in [3.05, 3.63) is 0 Å². The van der Waals surface area contributed by atoms with Crippen molar-refractivity contribution >= 4 is 11.8 Å². The van der Waals surface area contributed by atoms with E-state index in [4.69, 9.17) is 0 Å². The van der Waals surface area contributed by atoms with Gasteiger partial charge in [-0.25, -0.2) is 8.78 Å². The van der Waals surface area contributed by atoms with E-state index in [0.29, 0.717) is 4.90 Å². The SMILES string of the molecule is CCC1NC(=O)CCN(CC(F)(F)C(F)F)C1=O. The number of hydrogen-bond acceptors (Lipinski definition) is 2. The van der Waals surface area contributed by atoms with E-state index in [1.807, 2.05) is 0 Å². The molecule has 1 aliphatic heterocycles. The molecule has 0 aliphatic carbocycles. The number of nitrogens with zero attached hydrogens (tertiary/aromatic N) is 1. The lowest BCUT2D eigenvalue weighted by molar-refractivity contribution is -0.157. The summed E-state index contributed by atoms with van der Waals surface area (Å²) in [5.41, 5.74) is 0. The highest BCUT2D eigenvalue weighted by molar-refractivity contribution is 5.89. The molecule has 18 heavy (non-hydrogen) atoms. The van der Waals surface area contributed by atoms with Crippen LogP contribution in [0.25, 0.3) is 0 Å².